The van der Waals surface area contributed by atoms with Crippen LogP contribution in [-0.2, 0) is 6.42 Å². The second-order valence-corrected chi connectivity index (χ2v) is 7.28. The molecule has 0 aliphatic heterocycles. The van der Waals surface area contributed by atoms with E-state index >= 15 is 0 Å². The molecule has 3 aromatic rings. The zero-order valence-corrected chi connectivity index (χ0v) is 17.1. The van der Waals surface area contributed by atoms with E-state index in [0.717, 1.165) is 12.0 Å². The highest BCUT2D eigenvalue weighted by atomic mass is 127. The van der Waals surface area contributed by atoms with Crippen molar-refractivity contribution in [3.63, 3.8) is 0 Å². The molecule has 0 heterocycles. The second kappa shape index (κ2) is 9.45. The number of halogens is 2. The lowest BCUT2D eigenvalue weighted by Gasteiger charge is -2.12. The fourth-order valence-corrected chi connectivity index (χ4v) is 3.44. The maximum Gasteiger partial charge on any atom is 0.256 e. The summed E-state index contributed by atoms with van der Waals surface area (Å²) in [5.41, 5.74) is 2.27. The van der Waals surface area contributed by atoms with Gasteiger partial charge in [0, 0.05) is 10.1 Å². The first-order valence-corrected chi connectivity index (χ1v) is 9.80. The van der Waals surface area contributed by atoms with Crippen LogP contribution in [0.1, 0.15) is 26.3 Å². The largest absolute Gasteiger partial charge is 0.352 e. The topological polar surface area (TPSA) is 58.2 Å². The Labute approximate surface area is 176 Å². The Kier molecular flexibility index (Phi) is 6.76. The molecule has 0 bridgehead atoms. The molecule has 3 aromatic carbocycles. The minimum absolute atomic E-state index is 0.263. The molecule has 3 rings (SSSR count). The van der Waals surface area contributed by atoms with E-state index in [4.69, 9.17) is 0 Å². The van der Waals surface area contributed by atoms with Crippen LogP contribution in [0.5, 0.6) is 0 Å². The van der Waals surface area contributed by atoms with Crippen molar-refractivity contribution in [2.45, 2.75) is 6.42 Å². The summed E-state index contributed by atoms with van der Waals surface area (Å²) in [7, 11) is 0. The summed E-state index contributed by atoms with van der Waals surface area (Å²) >= 11 is 1.91. The van der Waals surface area contributed by atoms with E-state index in [1.165, 1.54) is 18.2 Å². The Morgan fingerprint density at radius 3 is 2.32 bits per heavy atom. The molecule has 0 aliphatic carbocycles. The molecule has 2 N–H and O–H groups in total. The van der Waals surface area contributed by atoms with Crippen molar-refractivity contribution in [1.82, 2.24) is 5.32 Å². The van der Waals surface area contributed by atoms with Gasteiger partial charge in [-0.25, -0.2) is 4.39 Å². The van der Waals surface area contributed by atoms with Crippen LogP contribution >= 0.6 is 22.6 Å². The summed E-state index contributed by atoms with van der Waals surface area (Å²) in [5, 5.41) is 5.63. The molecule has 142 valence electrons. The fourth-order valence-electron chi connectivity index (χ4n) is 2.71. The molecule has 0 saturated heterocycles. The van der Waals surface area contributed by atoms with Crippen molar-refractivity contribution in [3.05, 3.63) is 98.9 Å². The van der Waals surface area contributed by atoms with Gasteiger partial charge in [-0.3, -0.25) is 9.59 Å². The molecule has 0 spiro atoms. The van der Waals surface area contributed by atoms with Gasteiger partial charge in [0.05, 0.1) is 16.8 Å². The molecule has 0 aliphatic rings. The van der Waals surface area contributed by atoms with Gasteiger partial charge in [0.15, 0.2) is 0 Å². The number of carbonyl (C=O) groups is 2. The molecule has 2 amide bonds. The number of para-hydroxylation sites is 1. The average Bonchev–Trinajstić information content (AvgIpc) is 2.69. The van der Waals surface area contributed by atoms with E-state index < -0.39 is 11.7 Å². The van der Waals surface area contributed by atoms with Gasteiger partial charge in [-0.2, -0.15) is 0 Å². The molecule has 0 unspecified atom stereocenters. The lowest BCUT2D eigenvalue weighted by atomic mass is 10.1. The van der Waals surface area contributed by atoms with Crippen molar-refractivity contribution in [1.29, 1.82) is 0 Å². The van der Waals surface area contributed by atoms with E-state index in [-0.39, 0.29) is 5.91 Å². The first-order chi connectivity index (χ1) is 13.5. The number of hydrogen-bond acceptors (Lipinski definition) is 2. The maximum atomic E-state index is 13.3. The van der Waals surface area contributed by atoms with Crippen LogP contribution in [-0.4, -0.2) is 18.4 Å². The number of amides is 2. The van der Waals surface area contributed by atoms with Crippen molar-refractivity contribution >= 4 is 40.1 Å². The molecule has 0 aromatic heterocycles. The summed E-state index contributed by atoms with van der Waals surface area (Å²) in [4.78, 5) is 25.1. The minimum atomic E-state index is -0.404. The Bertz CT molecular complexity index is 993. The average molecular weight is 488 g/mol. The molecule has 28 heavy (non-hydrogen) atoms. The van der Waals surface area contributed by atoms with E-state index in [2.05, 4.69) is 10.6 Å². The Hall–Kier alpha value is -2.74. The van der Waals surface area contributed by atoms with Gasteiger partial charge >= 0.3 is 0 Å². The van der Waals surface area contributed by atoms with Crippen LogP contribution < -0.4 is 10.6 Å². The predicted octanol–water partition coefficient (Wildman–Crippen LogP) is 4.66. The van der Waals surface area contributed by atoms with Crippen molar-refractivity contribution in [3.8, 4) is 0 Å². The van der Waals surface area contributed by atoms with E-state index in [1.54, 1.807) is 24.3 Å². The number of hydrogen-bond donors (Lipinski definition) is 2. The Morgan fingerprint density at radius 2 is 1.57 bits per heavy atom. The lowest BCUT2D eigenvalue weighted by Crippen LogP contribution is -2.27. The molecule has 6 heteroatoms. The summed E-state index contributed by atoms with van der Waals surface area (Å²) in [6, 6.07) is 20.6. The van der Waals surface area contributed by atoms with E-state index in [0.29, 0.717) is 26.9 Å². The summed E-state index contributed by atoms with van der Waals surface area (Å²) < 4.78 is 13.8. The SMILES string of the molecule is O=C(Nc1ccccc1C(=O)NCCc1ccccc1)c1ccc(F)cc1I. The lowest BCUT2D eigenvalue weighted by molar-refractivity contribution is 0.0955. The minimum Gasteiger partial charge on any atom is -0.352 e. The predicted molar refractivity (Wildman–Crippen MR) is 116 cm³/mol. The first-order valence-electron chi connectivity index (χ1n) is 8.72. The maximum absolute atomic E-state index is 13.3. The number of benzene rings is 3. The number of anilines is 1. The smallest absolute Gasteiger partial charge is 0.256 e. The Balaban J connectivity index is 1.68. The summed E-state index contributed by atoms with van der Waals surface area (Å²) in [6.07, 6.45) is 0.717. The van der Waals surface area contributed by atoms with E-state index in [1.807, 2.05) is 52.9 Å². The van der Waals surface area contributed by atoms with Gasteiger partial charge in [-0.15, -0.1) is 0 Å². The van der Waals surface area contributed by atoms with Crippen LogP contribution in [0, 0.1) is 9.39 Å². The van der Waals surface area contributed by atoms with Gasteiger partial charge in [0.2, 0.25) is 0 Å². The summed E-state index contributed by atoms with van der Waals surface area (Å²) in [5.74, 6) is -1.06. The van der Waals surface area contributed by atoms with Gasteiger partial charge in [0.25, 0.3) is 11.8 Å². The molecule has 4 nitrogen and oxygen atoms in total. The van der Waals surface area contributed by atoms with Gasteiger partial charge in [-0.05, 0) is 64.9 Å². The van der Waals surface area contributed by atoms with Gasteiger partial charge in [0.1, 0.15) is 5.82 Å². The Morgan fingerprint density at radius 1 is 0.857 bits per heavy atom. The third-order valence-electron chi connectivity index (χ3n) is 4.14. The van der Waals surface area contributed by atoms with Crippen LogP contribution in [0.25, 0.3) is 0 Å². The normalized spacial score (nSPS) is 10.4. The number of nitrogens with one attached hydrogen (secondary N) is 2. The number of carbonyl (C=O) groups excluding carboxylic acids is 2. The molecule has 0 radical (unpaired) electrons. The molecular formula is C22H18FIN2O2. The highest BCUT2D eigenvalue weighted by Gasteiger charge is 2.15. The highest BCUT2D eigenvalue weighted by Crippen LogP contribution is 2.19. The standard InChI is InChI=1S/C22H18FIN2O2/c23-16-10-11-17(19(24)14-16)22(28)26-20-9-5-4-8-18(20)21(27)25-13-12-15-6-2-1-3-7-15/h1-11,14H,12-13H2,(H,25,27)(H,26,28). The first kappa shape index (κ1) is 20.0. The molecule has 0 atom stereocenters. The quantitative estimate of drug-likeness (QED) is 0.497. The van der Waals surface area contributed by atoms with Crippen LogP contribution in [0.15, 0.2) is 72.8 Å². The second-order valence-electron chi connectivity index (χ2n) is 6.12. The summed E-state index contributed by atoms with van der Waals surface area (Å²) in [6.45, 7) is 0.487. The third-order valence-corrected chi connectivity index (χ3v) is 5.03. The monoisotopic (exact) mass is 488 g/mol. The van der Waals surface area contributed by atoms with Gasteiger partial charge in [-0.1, -0.05) is 42.5 Å². The highest BCUT2D eigenvalue weighted by molar-refractivity contribution is 14.1. The molecule has 0 saturated carbocycles. The van der Waals surface area contributed by atoms with Crippen LogP contribution in [0.2, 0.25) is 0 Å². The zero-order valence-electron chi connectivity index (χ0n) is 14.9. The van der Waals surface area contributed by atoms with Gasteiger partial charge < -0.3 is 10.6 Å². The fraction of sp³-hybridized carbons (Fsp3) is 0.0909. The van der Waals surface area contributed by atoms with Crippen LogP contribution in [0.3, 0.4) is 0 Å². The van der Waals surface area contributed by atoms with E-state index in [9.17, 15) is 14.0 Å². The van der Waals surface area contributed by atoms with Crippen molar-refractivity contribution < 1.29 is 14.0 Å². The van der Waals surface area contributed by atoms with Crippen LogP contribution in [0.4, 0.5) is 10.1 Å². The number of rotatable bonds is 6. The van der Waals surface area contributed by atoms with Crippen molar-refractivity contribution in [2.75, 3.05) is 11.9 Å². The third kappa shape index (κ3) is 5.16. The molecular weight excluding hydrogens is 470 g/mol. The zero-order chi connectivity index (χ0) is 19.9. The van der Waals surface area contributed by atoms with Crippen molar-refractivity contribution in [2.24, 2.45) is 0 Å². The molecule has 0 fully saturated rings.